The fourth-order valence-electron chi connectivity index (χ4n) is 1.80. The van der Waals surface area contributed by atoms with Crippen LogP contribution in [-0.4, -0.2) is 6.29 Å². The number of halogens is 2. The fourth-order valence-corrected chi connectivity index (χ4v) is 2.03. The molecular formula is C15H12BrFO2. The SMILES string of the molecule is Cc1cc(Oc2ccc(F)cc2C=O)cc(C)c1Br. The minimum atomic E-state index is -0.461. The lowest BCUT2D eigenvalue weighted by molar-refractivity contribution is 0.112. The van der Waals surface area contributed by atoms with E-state index in [1.807, 2.05) is 26.0 Å². The van der Waals surface area contributed by atoms with Gasteiger partial charge in [-0.1, -0.05) is 15.9 Å². The first kappa shape index (κ1) is 13.7. The van der Waals surface area contributed by atoms with E-state index in [1.165, 1.54) is 12.1 Å². The van der Waals surface area contributed by atoms with Crippen LogP contribution in [0.25, 0.3) is 0 Å². The van der Waals surface area contributed by atoms with Crippen molar-refractivity contribution in [2.75, 3.05) is 0 Å². The number of benzene rings is 2. The number of hydrogen-bond donors (Lipinski definition) is 0. The van der Waals surface area contributed by atoms with E-state index in [4.69, 9.17) is 4.74 Å². The highest BCUT2D eigenvalue weighted by molar-refractivity contribution is 9.10. The monoisotopic (exact) mass is 322 g/mol. The number of ether oxygens (including phenoxy) is 1. The summed E-state index contributed by atoms with van der Waals surface area (Å²) >= 11 is 3.48. The summed E-state index contributed by atoms with van der Waals surface area (Å²) < 4.78 is 19.7. The maximum Gasteiger partial charge on any atom is 0.153 e. The molecule has 0 radical (unpaired) electrons. The Morgan fingerprint density at radius 3 is 2.37 bits per heavy atom. The van der Waals surface area contributed by atoms with Crippen LogP contribution in [0.2, 0.25) is 0 Å². The first-order chi connectivity index (χ1) is 9.01. The highest BCUT2D eigenvalue weighted by Gasteiger charge is 2.08. The van der Waals surface area contributed by atoms with Gasteiger partial charge in [0.1, 0.15) is 17.3 Å². The summed E-state index contributed by atoms with van der Waals surface area (Å²) in [4.78, 5) is 10.9. The molecular weight excluding hydrogens is 311 g/mol. The first-order valence-electron chi connectivity index (χ1n) is 5.70. The van der Waals surface area contributed by atoms with Gasteiger partial charge in [-0.3, -0.25) is 4.79 Å². The molecule has 0 aromatic heterocycles. The third-order valence-electron chi connectivity index (χ3n) is 2.74. The second kappa shape index (κ2) is 5.53. The molecule has 2 aromatic rings. The average Bonchev–Trinajstić information content (AvgIpc) is 2.38. The third-order valence-corrected chi connectivity index (χ3v) is 3.99. The maximum absolute atomic E-state index is 13.0. The lowest BCUT2D eigenvalue weighted by Gasteiger charge is -2.11. The van der Waals surface area contributed by atoms with E-state index in [-0.39, 0.29) is 5.56 Å². The number of hydrogen-bond acceptors (Lipinski definition) is 2. The molecule has 2 nitrogen and oxygen atoms in total. The molecule has 0 bridgehead atoms. The fraction of sp³-hybridized carbons (Fsp3) is 0.133. The van der Waals surface area contributed by atoms with E-state index in [2.05, 4.69) is 15.9 Å². The van der Waals surface area contributed by atoms with Gasteiger partial charge in [-0.25, -0.2) is 4.39 Å². The highest BCUT2D eigenvalue weighted by Crippen LogP contribution is 2.30. The zero-order valence-electron chi connectivity index (χ0n) is 10.5. The Hall–Kier alpha value is -1.68. The summed E-state index contributed by atoms with van der Waals surface area (Å²) in [5, 5.41) is 0. The van der Waals surface area contributed by atoms with Crippen molar-refractivity contribution in [3.8, 4) is 11.5 Å². The Balaban J connectivity index is 2.39. The normalized spacial score (nSPS) is 10.3. The second-order valence-corrected chi connectivity index (χ2v) is 5.07. The molecule has 2 rings (SSSR count). The Morgan fingerprint density at radius 2 is 1.79 bits per heavy atom. The van der Waals surface area contributed by atoms with Crippen molar-refractivity contribution in [3.05, 3.63) is 57.3 Å². The molecule has 2 aromatic carbocycles. The van der Waals surface area contributed by atoms with Gasteiger partial charge in [-0.15, -0.1) is 0 Å². The molecule has 0 saturated carbocycles. The van der Waals surface area contributed by atoms with Gasteiger partial charge < -0.3 is 4.74 Å². The van der Waals surface area contributed by atoms with Crippen molar-refractivity contribution < 1.29 is 13.9 Å². The van der Waals surface area contributed by atoms with Crippen molar-refractivity contribution in [2.45, 2.75) is 13.8 Å². The molecule has 0 aliphatic rings. The van der Waals surface area contributed by atoms with Crippen LogP contribution >= 0.6 is 15.9 Å². The number of carbonyl (C=O) groups excluding carboxylic acids is 1. The van der Waals surface area contributed by atoms with E-state index in [9.17, 15) is 9.18 Å². The molecule has 0 saturated heterocycles. The molecule has 0 aliphatic heterocycles. The summed E-state index contributed by atoms with van der Waals surface area (Å²) in [5.41, 5.74) is 2.26. The van der Waals surface area contributed by atoms with Crippen LogP contribution in [0.1, 0.15) is 21.5 Å². The number of aryl methyl sites for hydroxylation is 2. The summed E-state index contributed by atoms with van der Waals surface area (Å²) in [6, 6.07) is 7.58. The van der Waals surface area contributed by atoms with Crippen molar-refractivity contribution in [1.82, 2.24) is 0 Å². The molecule has 0 spiro atoms. The van der Waals surface area contributed by atoms with Crippen molar-refractivity contribution >= 4 is 22.2 Å². The maximum atomic E-state index is 13.0. The third kappa shape index (κ3) is 3.01. The Labute approximate surface area is 119 Å². The number of aldehydes is 1. The van der Waals surface area contributed by atoms with Crippen LogP contribution in [0, 0.1) is 19.7 Å². The van der Waals surface area contributed by atoms with E-state index >= 15 is 0 Å². The molecule has 0 atom stereocenters. The predicted molar refractivity (Wildman–Crippen MR) is 75.5 cm³/mol. The number of carbonyl (C=O) groups is 1. The van der Waals surface area contributed by atoms with Crippen LogP contribution in [0.4, 0.5) is 4.39 Å². The minimum Gasteiger partial charge on any atom is -0.457 e. The zero-order valence-corrected chi connectivity index (χ0v) is 12.1. The van der Waals surface area contributed by atoms with Crippen molar-refractivity contribution in [1.29, 1.82) is 0 Å². The Kier molecular flexibility index (Phi) is 4.00. The van der Waals surface area contributed by atoms with Crippen LogP contribution in [0.15, 0.2) is 34.8 Å². The molecule has 0 unspecified atom stereocenters. The van der Waals surface area contributed by atoms with Gasteiger partial charge >= 0.3 is 0 Å². The molecule has 0 aliphatic carbocycles. The molecule has 0 N–H and O–H groups in total. The topological polar surface area (TPSA) is 26.3 Å². The molecule has 0 amide bonds. The summed E-state index contributed by atoms with van der Waals surface area (Å²) in [6.45, 7) is 3.91. The van der Waals surface area contributed by atoms with Gasteiger partial charge in [0.2, 0.25) is 0 Å². The molecule has 0 heterocycles. The van der Waals surface area contributed by atoms with Gasteiger partial charge in [0.05, 0.1) is 5.56 Å². The Bertz CT molecular complexity index is 615. The van der Waals surface area contributed by atoms with Crippen LogP contribution in [0.3, 0.4) is 0 Å². The molecule has 98 valence electrons. The first-order valence-corrected chi connectivity index (χ1v) is 6.50. The van der Waals surface area contributed by atoms with Crippen LogP contribution in [-0.2, 0) is 0 Å². The standard InChI is InChI=1S/C15H12BrFO2/c1-9-5-13(6-10(2)15(9)16)19-14-4-3-12(17)7-11(14)8-18/h3-8H,1-2H3. The zero-order chi connectivity index (χ0) is 14.0. The smallest absolute Gasteiger partial charge is 0.153 e. The lowest BCUT2D eigenvalue weighted by Crippen LogP contribution is -1.93. The van der Waals surface area contributed by atoms with E-state index in [0.717, 1.165) is 21.7 Å². The Morgan fingerprint density at radius 1 is 1.16 bits per heavy atom. The number of rotatable bonds is 3. The second-order valence-electron chi connectivity index (χ2n) is 4.27. The van der Waals surface area contributed by atoms with Gasteiger partial charge in [-0.2, -0.15) is 0 Å². The van der Waals surface area contributed by atoms with Gasteiger partial charge in [0.25, 0.3) is 0 Å². The van der Waals surface area contributed by atoms with E-state index in [0.29, 0.717) is 17.8 Å². The van der Waals surface area contributed by atoms with Gasteiger partial charge in [0.15, 0.2) is 6.29 Å². The molecule has 0 fully saturated rings. The summed E-state index contributed by atoms with van der Waals surface area (Å²) in [7, 11) is 0. The average molecular weight is 323 g/mol. The lowest BCUT2D eigenvalue weighted by atomic mass is 10.1. The van der Waals surface area contributed by atoms with E-state index in [1.54, 1.807) is 0 Å². The molecule has 4 heteroatoms. The van der Waals surface area contributed by atoms with Gasteiger partial charge in [0, 0.05) is 4.47 Å². The summed E-state index contributed by atoms with van der Waals surface area (Å²) in [5.74, 6) is 0.503. The largest absolute Gasteiger partial charge is 0.457 e. The van der Waals surface area contributed by atoms with Crippen molar-refractivity contribution in [2.24, 2.45) is 0 Å². The van der Waals surface area contributed by atoms with Crippen molar-refractivity contribution in [3.63, 3.8) is 0 Å². The van der Waals surface area contributed by atoms with Gasteiger partial charge in [-0.05, 0) is 55.3 Å². The van der Waals surface area contributed by atoms with Crippen LogP contribution < -0.4 is 4.74 Å². The van der Waals surface area contributed by atoms with Crippen LogP contribution in [0.5, 0.6) is 11.5 Å². The molecule has 19 heavy (non-hydrogen) atoms. The highest BCUT2D eigenvalue weighted by atomic mass is 79.9. The van der Waals surface area contributed by atoms with E-state index < -0.39 is 5.82 Å². The predicted octanol–water partition coefficient (Wildman–Crippen LogP) is 4.81. The minimum absolute atomic E-state index is 0.193. The summed E-state index contributed by atoms with van der Waals surface area (Å²) in [6.07, 6.45) is 0.580. The quantitative estimate of drug-likeness (QED) is 0.758.